The summed E-state index contributed by atoms with van der Waals surface area (Å²) in [6, 6.07) is 15.0. The number of carbonyl (C=O) groups excluding carboxylic acids is 1. The first kappa shape index (κ1) is 18.1. The molecule has 0 fully saturated rings. The number of ether oxygens (including phenoxy) is 1. The predicted octanol–water partition coefficient (Wildman–Crippen LogP) is 4.27. The van der Waals surface area contributed by atoms with Gasteiger partial charge in [0.05, 0.1) is 10.9 Å². The number of benzene rings is 2. The number of aryl methyl sites for hydroxylation is 1. The van der Waals surface area contributed by atoms with Gasteiger partial charge in [-0.15, -0.1) is 11.3 Å². The van der Waals surface area contributed by atoms with Crippen molar-refractivity contribution in [1.82, 2.24) is 15.0 Å². The van der Waals surface area contributed by atoms with E-state index in [1.54, 1.807) is 36.6 Å². The average Bonchev–Trinajstić information content (AvgIpc) is 3.19. The number of aromatic nitrogens is 3. The molecule has 2 heterocycles. The van der Waals surface area contributed by atoms with Crippen LogP contribution in [-0.2, 0) is 4.74 Å². The van der Waals surface area contributed by atoms with Gasteiger partial charge in [-0.05, 0) is 26.0 Å². The Kier molecular flexibility index (Phi) is 4.75. The number of fused-ring (bicyclic) bond motifs is 1. The fraction of sp³-hybridized carbons (Fsp3) is 0.143. The SMILES string of the molecule is Cc1ccc(-c2nc(C(=O)O[C@H](C)c3nc4ccccc4c(=O)[nH]3)cs2)cc1. The molecule has 0 saturated carbocycles. The van der Waals surface area contributed by atoms with Crippen LogP contribution in [0.5, 0.6) is 0 Å². The van der Waals surface area contributed by atoms with Gasteiger partial charge in [0.2, 0.25) is 0 Å². The van der Waals surface area contributed by atoms with E-state index in [0.29, 0.717) is 16.7 Å². The van der Waals surface area contributed by atoms with E-state index in [0.717, 1.165) is 16.1 Å². The van der Waals surface area contributed by atoms with Crippen LogP contribution >= 0.6 is 11.3 Å². The molecule has 28 heavy (non-hydrogen) atoms. The van der Waals surface area contributed by atoms with E-state index in [1.165, 1.54) is 11.3 Å². The lowest BCUT2D eigenvalue weighted by Gasteiger charge is -2.12. The molecule has 0 saturated heterocycles. The highest BCUT2D eigenvalue weighted by molar-refractivity contribution is 7.13. The number of hydrogen-bond acceptors (Lipinski definition) is 6. The maximum Gasteiger partial charge on any atom is 0.358 e. The predicted molar refractivity (Wildman–Crippen MR) is 108 cm³/mol. The summed E-state index contributed by atoms with van der Waals surface area (Å²) in [5.41, 5.74) is 2.63. The topological polar surface area (TPSA) is 84.9 Å². The van der Waals surface area contributed by atoms with Gasteiger partial charge in [0.15, 0.2) is 17.6 Å². The van der Waals surface area contributed by atoms with Gasteiger partial charge in [-0.1, -0.05) is 42.0 Å². The van der Waals surface area contributed by atoms with Gasteiger partial charge >= 0.3 is 5.97 Å². The molecule has 4 aromatic rings. The molecule has 7 heteroatoms. The van der Waals surface area contributed by atoms with Gasteiger partial charge in [0.1, 0.15) is 5.01 Å². The number of thiazole rings is 1. The van der Waals surface area contributed by atoms with Crippen molar-refractivity contribution in [2.45, 2.75) is 20.0 Å². The van der Waals surface area contributed by atoms with Crippen LogP contribution < -0.4 is 5.56 Å². The molecule has 0 unspecified atom stereocenters. The number of hydrogen-bond donors (Lipinski definition) is 1. The van der Waals surface area contributed by atoms with E-state index in [1.807, 2.05) is 31.2 Å². The smallest absolute Gasteiger partial charge is 0.358 e. The highest BCUT2D eigenvalue weighted by Crippen LogP contribution is 2.25. The first-order chi connectivity index (χ1) is 13.5. The van der Waals surface area contributed by atoms with Crippen molar-refractivity contribution in [3.8, 4) is 10.6 Å². The second-order valence-electron chi connectivity index (χ2n) is 6.42. The summed E-state index contributed by atoms with van der Waals surface area (Å²) in [5.74, 6) is -0.260. The summed E-state index contributed by atoms with van der Waals surface area (Å²) in [6.45, 7) is 3.68. The first-order valence-electron chi connectivity index (χ1n) is 8.74. The third-order valence-corrected chi connectivity index (χ3v) is 5.20. The van der Waals surface area contributed by atoms with E-state index in [4.69, 9.17) is 4.74 Å². The van der Waals surface area contributed by atoms with Crippen molar-refractivity contribution >= 4 is 28.2 Å². The third kappa shape index (κ3) is 3.57. The highest BCUT2D eigenvalue weighted by Gasteiger charge is 2.19. The molecule has 4 rings (SSSR count). The van der Waals surface area contributed by atoms with Crippen molar-refractivity contribution in [3.05, 3.63) is 81.3 Å². The number of nitrogens with one attached hydrogen (secondary N) is 1. The molecule has 2 aromatic heterocycles. The zero-order valence-electron chi connectivity index (χ0n) is 15.3. The average molecular weight is 391 g/mol. The molecular weight excluding hydrogens is 374 g/mol. The summed E-state index contributed by atoms with van der Waals surface area (Å²) >= 11 is 1.38. The molecule has 0 amide bonds. The van der Waals surface area contributed by atoms with Crippen LogP contribution in [0.4, 0.5) is 0 Å². The highest BCUT2D eigenvalue weighted by atomic mass is 32.1. The van der Waals surface area contributed by atoms with E-state index >= 15 is 0 Å². The van der Waals surface area contributed by atoms with Gasteiger partial charge in [-0.2, -0.15) is 0 Å². The number of carbonyl (C=O) groups is 1. The largest absolute Gasteiger partial charge is 0.450 e. The first-order valence-corrected chi connectivity index (χ1v) is 9.62. The minimum Gasteiger partial charge on any atom is -0.450 e. The lowest BCUT2D eigenvalue weighted by atomic mass is 10.2. The molecule has 6 nitrogen and oxygen atoms in total. The lowest BCUT2D eigenvalue weighted by molar-refractivity contribution is 0.0314. The molecule has 0 spiro atoms. The molecule has 0 aliphatic rings. The molecule has 1 N–H and O–H groups in total. The van der Waals surface area contributed by atoms with Crippen molar-refractivity contribution in [2.24, 2.45) is 0 Å². The quantitative estimate of drug-likeness (QED) is 0.525. The third-order valence-electron chi connectivity index (χ3n) is 4.31. The van der Waals surface area contributed by atoms with E-state index in [-0.39, 0.29) is 11.3 Å². The van der Waals surface area contributed by atoms with Crippen LogP contribution in [0.15, 0.2) is 58.7 Å². The maximum absolute atomic E-state index is 12.5. The van der Waals surface area contributed by atoms with Crippen LogP contribution in [0.2, 0.25) is 0 Å². The molecule has 0 aliphatic carbocycles. The van der Waals surface area contributed by atoms with E-state index < -0.39 is 12.1 Å². The van der Waals surface area contributed by atoms with Crippen molar-refractivity contribution in [3.63, 3.8) is 0 Å². The number of H-pyrrole nitrogens is 1. The Bertz CT molecular complexity index is 1210. The number of para-hydroxylation sites is 1. The monoisotopic (exact) mass is 391 g/mol. The fourth-order valence-corrected chi connectivity index (χ4v) is 3.57. The van der Waals surface area contributed by atoms with Gasteiger partial charge in [-0.3, -0.25) is 4.79 Å². The van der Waals surface area contributed by atoms with Gasteiger partial charge in [0, 0.05) is 10.9 Å². The minimum atomic E-state index is -0.714. The Morgan fingerprint density at radius 3 is 2.64 bits per heavy atom. The van der Waals surface area contributed by atoms with Crippen LogP contribution in [0.1, 0.15) is 34.9 Å². The summed E-state index contributed by atoms with van der Waals surface area (Å²) in [6.07, 6.45) is -0.714. The standard InChI is InChI=1S/C21H17N3O3S/c1-12-7-9-14(10-8-12)20-23-17(11-28-20)21(26)27-13(2)18-22-16-6-4-3-5-15(16)19(25)24-18/h3-11,13H,1-2H3,(H,22,24,25)/t13-/m1/s1. The summed E-state index contributed by atoms with van der Waals surface area (Å²) in [5, 5.41) is 2.91. The number of aromatic amines is 1. The van der Waals surface area contributed by atoms with E-state index in [9.17, 15) is 9.59 Å². The van der Waals surface area contributed by atoms with Crippen LogP contribution in [0, 0.1) is 6.92 Å². The van der Waals surface area contributed by atoms with E-state index in [2.05, 4.69) is 15.0 Å². The lowest BCUT2D eigenvalue weighted by Crippen LogP contribution is -2.17. The van der Waals surface area contributed by atoms with Crippen LogP contribution in [0.25, 0.3) is 21.5 Å². The minimum absolute atomic E-state index is 0.232. The Morgan fingerprint density at radius 1 is 1.11 bits per heavy atom. The zero-order valence-corrected chi connectivity index (χ0v) is 16.1. The molecule has 2 aromatic carbocycles. The van der Waals surface area contributed by atoms with Crippen molar-refractivity contribution < 1.29 is 9.53 Å². The van der Waals surface area contributed by atoms with Crippen LogP contribution in [0.3, 0.4) is 0 Å². The molecular formula is C21H17N3O3S. The molecule has 0 bridgehead atoms. The summed E-state index contributed by atoms with van der Waals surface area (Å²) in [4.78, 5) is 36.1. The molecule has 1 atom stereocenters. The second kappa shape index (κ2) is 7.36. The van der Waals surface area contributed by atoms with Crippen molar-refractivity contribution in [2.75, 3.05) is 0 Å². The van der Waals surface area contributed by atoms with Crippen LogP contribution in [-0.4, -0.2) is 20.9 Å². The fourth-order valence-electron chi connectivity index (χ4n) is 2.77. The number of rotatable bonds is 4. The second-order valence-corrected chi connectivity index (χ2v) is 7.28. The number of nitrogens with zero attached hydrogens (tertiary/aromatic N) is 2. The maximum atomic E-state index is 12.5. The van der Waals surface area contributed by atoms with Gasteiger partial charge < -0.3 is 9.72 Å². The van der Waals surface area contributed by atoms with Gasteiger partial charge in [-0.25, -0.2) is 14.8 Å². The Balaban J connectivity index is 1.54. The molecule has 0 aliphatic heterocycles. The summed E-state index contributed by atoms with van der Waals surface area (Å²) < 4.78 is 5.47. The molecule has 140 valence electrons. The Labute approximate surface area is 164 Å². The summed E-state index contributed by atoms with van der Waals surface area (Å²) in [7, 11) is 0. The zero-order chi connectivity index (χ0) is 19.7. The number of esters is 1. The Hall–Kier alpha value is -3.32. The van der Waals surface area contributed by atoms with Gasteiger partial charge in [0.25, 0.3) is 5.56 Å². The normalized spacial score (nSPS) is 12.1. The molecule has 0 radical (unpaired) electrons. The van der Waals surface area contributed by atoms with Crippen molar-refractivity contribution in [1.29, 1.82) is 0 Å². The Morgan fingerprint density at radius 2 is 1.86 bits per heavy atom.